The highest BCUT2D eigenvalue weighted by molar-refractivity contribution is 7.07. The van der Waals surface area contributed by atoms with Crippen LogP contribution in [0.25, 0.3) is 12.2 Å². The fourth-order valence-electron chi connectivity index (χ4n) is 1.48. The summed E-state index contributed by atoms with van der Waals surface area (Å²) in [5.41, 5.74) is 0.706. The Balaban J connectivity index is 1.96. The second kappa shape index (κ2) is 6.49. The number of hydrogen-bond acceptors (Lipinski definition) is 5. The third-order valence-electron chi connectivity index (χ3n) is 2.30. The molecule has 2 rings (SSSR count). The summed E-state index contributed by atoms with van der Waals surface area (Å²) in [4.78, 5) is 15.7. The van der Waals surface area contributed by atoms with E-state index in [4.69, 9.17) is 4.74 Å². The lowest BCUT2D eigenvalue weighted by Crippen LogP contribution is -2.42. The molecule has 0 bridgehead atoms. The Kier molecular flexibility index (Phi) is 4.70. The first-order chi connectivity index (χ1) is 9.92. The zero-order valence-electron chi connectivity index (χ0n) is 12.2. The van der Waals surface area contributed by atoms with Crippen LogP contribution in [0.15, 0.2) is 30.3 Å². The van der Waals surface area contributed by atoms with Crippen molar-refractivity contribution in [1.82, 2.24) is 14.7 Å². The Labute approximate surface area is 127 Å². The Bertz CT molecular complexity index is 630. The van der Waals surface area contributed by atoms with Crippen LogP contribution in [0.1, 0.15) is 32.2 Å². The van der Waals surface area contributed by atoms with Gasteiger partial charge < -0.3 is 10.1 Å². The average Bonchev–Trinajstić information content (AvgIpc) is 2.83. The Morgan fingerprint density at radius 3 is 2.62 bits per heavy atom. The number of benzene rings is 1. The molecule has 0 fully saturated rings. The predicted molar refractivity (Wildman–Crippen MR) is 84.2 cm³/mol. The molecule has 0 aliphatic carbocycles. The molecule has 0 radical (unpaired) electrons. The van der Waals surface area contributed by atoms with Crippen LogP contribution < -0.4 is 10.1 Å². The zero-order chi connectivity index (χ0) is 15.3. The van der Waals surface area contributed by atoms with Crippen LogP contribution >= 0.6 is 11.5 Å². The quantitative estimate of drug-likeness (QED) is 0.941. The number of rotatable bonds is 3. The van der Waals surface area contributed by atoms with E-state index in [0.29, 0.717) is 5.82 Å². The molecule has 1 aromatic carbocycles. The number of nitrogens with one attached hydrogen (secondary N) is 1. The monoisotopic (exact) mass is 303 g/mol. The molecule has 1 aromatic heterocycles. The molecule has 1 amide bonds. The zero-order valence-corrected chi connectivity index (χ0v) is 13.0. The van der Waals surface area contributed by atoms with E-state index < -0.39 is 6.09 Å². The van der Waals surface area contributed by atoms with Crippen LogP contribution in [0.5, 0.6) is 5.19 Å². The smallest absolute Gasteiger partial charge is 0.380 e. The van der Waals surface area contributed by atoms with E-state index in [1.54, 1.807) is 6.08 Å². The Hall–Kier alpha value is -2.21. The maximum Gasteiger partial charge on any atom is 0.415 e. The first-order valence-corrected chi connectivity index (χ1v) is 7.26. The first-order valence-electron chi connectivity index (χ1n) is 6.49. The summed E-state index contributed by atoms with van der Waals surface area (Å²) >= 11 is 1.04. The molecule has 0 aliphatic heterocycles. The lowest BCUT2D eigenvalue weighted by Gasteiger charge is -2.18. The number of amides is 1. The van der Waals surface area contributed by atoms with Gasteiger partial charge in [-0.1, -0.05) is 36.4 Å². The van der Waals surface area contributed by atoms with Gasteiger partial charge in [0.1, 0.15) is 0 Å². The lowest BCUT2D eigenvalue weighted by atomic mass is 10.1. The molecule has 2 aromatic rings. The van der Waals surface area contributed by atoms with Crippen molar-refractivity contribution in [2.24, 2.45) is 0 Å². The summed E-state index contributed by atoms with van der Waals surface area (Å²) in [6.45, 7) is 5.63. The van der Waals surface area contributed by atoms with Crippen LogP contribution in [-0.2, 0) is 0 Å². The second-order valence-electron chi connectivity index (χ2n) is 5.43. The van der Waals surface area contributed by atoms with Gasteiger partial charge in [-0.3, -0.25) is 0 Å². The van der Waals surface area contributed by atoms with Crippen molar-refractivity contribution in [1.29, 1.82) is 0 Å². The first kappa shape index (κ1) is 15.2. The summed E-state index contributed by atoms with van der Waals surface area (Å²) in [5, 5.41) is 2.92. The van der Waals surface area contributed by atoms with E-state index in [1.807, 2.05) is 57.2 Å². The van der Waals surface area contributed by atoms with E-state index in [0.717, 1.165) is 17.1 Å². The molecule has 0 saturated carbocycles. The van der Waals surface area contributed by atoms with E-state index >= 15 is 0 Å². The Morgan fingerprint density at radius 1 is 1.24 bits per heavy atom. The van der Waals surface area contributed by atoms with Gasteiger partial charge in [0, 0.05) is 17.1 Å². The normalized spacial score (nSPS) is 11.6. The molecule has 0 spiro atoms. The van der Waals surface area contributed by atoms with E-state index in [9.17, 15) is 4.79 Å². The number of carbonyl (C=O) groups is 1. The van der Waals surface area contributed by atoms with Gasteiger partial charge >= 0.3 is 11.3 Å². The van der Waals surface area contributed by atoms with Crippen molar-refractivity contribution >= 4 is 29.8 Å². The maximum atomic E-state index is 11.6. The van der Waals surface area contributed by atoms with Crippen LogP contribution in [0.3, 0.4) is 0 Å². The van der Waals surface area contributed by atoms with Crippen LogP contribution in [0.2, 0.25) is 0 Å². The summed E-state index contributed by atoms with van der Waals surface area (Å²) in [6.07, 6.45) is 3.15. The van der Waals surface area contributed by atoms with Crippen molar-refractivity contribution in [3.8, 4) is 5.19 Å². The molecule has 5 nitrogen and oxygen atoms in total. The van der Waals surface area contributed by atoms with Crippen molar-refractivity contribution in [3.63, 3.8) is 0 Å². The van der Waals surface area contributed by atoms with Crippen LogP contribution in [-0.4, -0.2) is 21.0 Å². The SMILES string of the molecule is CC(C)(C)NC(=O)Oc1nc(/C=C/c2ccccc2)ns1. The predicted octanol–water partition coefficient (Wildman–Crippen LogP) is 3.60. The highest BCUT2D eigenvalue weighted by Gasteiger charge is 2.16. The van der Waals surface area contributed by atoms with Gasteiger partial charge in [-0.05, 0) is 32.4 Å². The Morgan fingerprint density at radius 2 is 1.95 bits per heavy atom. The topological polar surface area (TPSA) is 64.1 Å². The third-order valence-corrected chi connectivity index (χ3v) is 2.91. The van der Waals surface area contributed by atoms with Crippen LogP contribution in [0, 0.1) is 0 Å². The van der Waals surface area contributed by atoms with Crippen molar-refractivity contribution in [2.75, 3.05) is 0 Å². The minimum Gasteiger partial charge on any atom is -0.380 e. The summed E-state index contributed by atoms with van der Waals surface area (Å²) in [6, 6.07) is 9.84. The molecular formula is C15H17N3O2S. The van der Waals surface area contributed by atoms with E-state index in [2.05, 4.69) is 14.7 Å². The second-order valence-corrected chi connectivity index (χ2v) is 6.14. The maximum absolute atomic E-state index is 11.6. The number of carbonyl (C=O) groups excluding carboxylic acids is 1. The molecule has 0 unspecified atom stereocenters. The van der Waals surface area contributed by atoms with Crippen molar-refractivity contribution in [3.05, 3.63) is 41.7 Å². The lowest BCUT2D eigenvalue weighted by molar-refractivity contribution is 0.190. The summed E-state index contributed by atoms with van der Waals surface area (Å²) < 4.78 is 9.20. The van der Waals surface area contributed by atoms with Gasteiger partial charge in [-0.25, -0.2) is 4.79 Å². The molecule has 0 atom stereocenters. The van der Waals surface area contributed by atoms with Crippen LogP contribution in [0.4, 0.5) is 4.79 Å². The average molecular weight is 303 g/mol. The molecule has 1 N–H and O–H groups in total. The van der Waals surface area contributed by atoms with Gasteiger partial charge in [0.05, 0.1) is 0 Å². The van der Waals surface area contributed by atoms with Crippen molar-refractivity contribution < 1.29 is 9.53 Å². The minimum absolute atomic E-state index is 0.226. The van der Waals surface area contributed by atoms with Gasteiger partial charge in [-0.2, -0.15) is 9.36 Å². The van der Waals surface area contributed by atoms with E-state index in [1.165, 1.54) is 0 Å². The molecule has 0 saturated heterocycles. The summed E-state index contributed by atoms with van der Waals surface area (Å²) in [7, 11) is 0. The molecule has 0 aliphatic rings. The van der Waals surface area contributed by atoms with E-state index in [-0.39, 0.29) is 10.7 Å². The van der Waals surface area contributed by atoms with Gasteiger partial charge in [0.25, 0.3) is 0 Å². The largest absolute Gasteiger partial charge is 0.415 e. The number of nitrogens with zero attached hydrogens (tertiary/aromatic N) is 2. The fraction of sp³-hybridized carbons (Fsp3) is 0.267. The van der Waals surface area contributed by atoms with Gasteiger partial charge in [-0.15, -0.1) is 0 Å². The highest BCUT2D eigenvalue weighted by Crippen LogP contribution is 2.16. The number of hydrogen-bond donors (Lipinski definition) is 1. The fourth-order valence-corrected chi connectivity index (χ4v) is 2.00. The number of ether oxygens (including phenoxy) is 1. The molecule has 1 heterocycles. The van der Waals surface area contributed by atoms with Crippen molar-refractivity contribution in [2.45, 2.75) is 26.3 Å². The summed E-state index contributed by atoms with van der Waals surface area (Å²) in [5.74, 6) is 0.516. The highest BCUT2D eigenvalue weighted by atomic mass is 32.1. The minimum atomic E-state index is -0.530. The third kappa shape index (κ3) is 5.35. The van der Waals surface area contributed by atoms with Gasteiger partial charge in [0.15, 0.2) is 5.82 Å². The molecule has 21 heavy (non-hydrogen) atoms. The standard InChI is InChI=1S/C15H17N3O2S/c1-15(2,3)17-13(19)20-14-16-12(18-21-14)10-9-11-7-5-4-6-8-11/h4-10H,1-3H3,(H,17,19)/b10-9+. The molecule has 110 valence electrons. The molecular weight excluding hydrogens is 286 g/mol. The van der Waals surface area contributed by atoms with Gasteiger partial charge in [0.2, 0.25) is 0 Å². The molecule has 6 heteroatoms. The number of aromatic nitrogens is 2.